The first-order valence-corrected chi connectivity index (χ1v) is 9.19. The Morgan fingerprint density at radius 3 is 2.62 bits per heavy atom. The number of carbonyl (C=O) groups is 1. The van der Waals surface area contributed by atoms with Crippen molar-refractivity contribution < 1.29 is 4.79 Å². The number of carbonyl (C=O) groups excluding carboxylic acids is 1. The largest absolute Gasteiger partial charge is 0.336 e. The highest BCUT2D eigenvalue weighted by atomic mass is 32.1. The molecule has 5 nitrogen and oxygen atoms in total. The predicted molar refractivity (Wildman–Crippen MR) is 105 cm³/mol. The molecule has 2 heterocycles. The number of aryl methyl sites for hydroxylation is 1. The Kier molecular flexibility index (Phi) is 5.04. The first-order valence-electron chi connectivity index (χ1n) is 8.31. The van der Waals surface area contributed by atoms with Crippen molar-refractivity contribution in [1.82, 2.24) is 14.5 Å². The number of rotatable bonds is 4. The molecule has 3 rings (SSSR count). The molecule has 3 aromatic rings. The summed E-state index contributed by atoms with van der Waals surface area (Å²) in [5, 5.41) is 2.87. The van der Waals surface area contributed by atoms with Crippen LogP contribution in [0.5, 0.6) is 0 Å². The van der Waals surface area contributed by atoms with E-state index in [1.165, 1.54) is 9.47 Å². The fourth-order valence-corrected chi connectivity index (χ4v) is 3.56. The molecule has 0 unspecified atom stereocenters. The highest BCUT2D eigenvalue weighted by Gasteiger charge is 2.19. The smallest absolute Gasteiger partial charge is 0.263 e. The van der Waals surface area contributed by atoms with Gasteiger partial charge in [-0.25, -0.2) is 4.98 Å². The maximum atomic E-state index is 12.8. The van der Waals surface area contributed by atoms with E-state index in [4.69, 9.17) is 0 Å². The molecule has 26 heavy (non-hydrogen) atoms. The first-order chi connectivity index (χ1) is 12.4. The molecule has 0 aliphatic carbocycles. The summed E-state index contributed by atoms with van der Waals surface area (Å²) in [6, 6.07) is 11.6. The van der Waals surface area contributed by atoms with E-state index < -0.39 is 0 Å². The minimum absolute atomic E-state index is 0.191. The van der Waals surface area contributed by atoms with Gasteiger partial charge in [-0.15, -0.1) is 11.3 Å². The summed E-state index contributed by atoms with van der Waals surface area (Å²) in [4.78, 5) is 31.3. The fourth-order valence-electron chi connectivity index (χ4n) is 2.75. The Morgan fingerprint density at radius 2 is 1.92 bits per heavy atom. The standard InChI is InChI=1S/C20H21N3O2S/c1-13-10-17(20(25)23(4)14(13)2)19(24)22(3)11-16-12-26-18(21-16)15-8-6-5-7-9-15/h5-10,12H,11H2,1-4H3. The van der Waals surface area contributed by atoms with Gasteiger partial charge in [0.2, 0.25) is 0 Å². The van der Waals surface area contributed by atoms with Crippen molar-refractivity contribution in [1.29, 1.82) is 0 Å². The molecule has 0 aliphatic rings. The molecule has 0 radical (unpaired) electrons. The van der Waals surface area contributed by atoms with Crippen LogP contribution in [0, 0.1) is 13.8 Å². The highest BCUT2D eigenvalue weighted by molar-refractivity contribution is 7.13. The number of hydrogen-bond donors (Lipinski definition) is 0. The molecule has 0 atom stereocenters. The molecule has 2 aromatic heterocycles. The van der Waals surface area contributed by atoms with Crippen LogP contribution in [-0.2, 0) is 13.6 Å². The lowest BCUT2D eigenvalue weighted by atomic mass is 10.1. The summed E-state index contributed by atoms with van der Waals surface area (Å²) in [5.41, 5.74) is 3.57. The van der Waals surface area contributed by atoms with E-state index in [1.54, 1.807) is 31.5 Å². The van der Waals surface area contributed by atoms with Crippen LogP contribution in [0.15, 0.2) is 46.6 Å². The van der Waals surface area contributed by atoms with Gasteiger partial charge in [0.1, 0.15) is 10.6 Å². The summed E-state index contributed by atoms with van der Waals surface area (Å²) >= 11 is 1.55. The van der Waals surface area contributed by atoms with E-state index in [0.29, 0.717) is 6.54 Å². The number of nitrogens with zero attached hydrogens (tertiary/aromatic N) is 3. The van der Waals surface area contributed by atoms with Gasteiger partial charge in [-0.05, 0) is 25.5 Å². The molecule has 1 aromatic carbocycles. The van der Waals surface area contributed by atoms with E-state index in [9.17, 15) is 9.59 Å². The zero-order chi connectivity index (χ0) is 18.8. The molecule has 6 heteroatoms. The van der Waals surface area contributed by atoms with Gasteiger partial charge in [0, 0.05) is 30.7 Å². The second-order valence-corrected chi connectivity index (χ2v) is 7.22. The number of pyridine rings is 1. The van der Waals surface area contributed by atoms with Crippen LogP contribution < -0.4 is 5.56 Å². The van der Waals surface area contributed by atoms with Crippen LogP contribution in [0.2, 0.25) is 0 Å². The van der Waals surface area contributed by atoms with Gasteiger partial charge >= 0.3 is 0 Å². The van der Waals surface area contributed by atoms with Crippen LogP contribution in [0.25, 0.3) is 10.6 Å². The normalized spacial score (nSPS) is 10.8. The Balaban J connectivity index is 1.81. The van der Waals surface area contributed by atoms with Gasteiger partial charge in [-0.3, -0.25) is 9.59 Å². The van der Waals surface area contributed by atoms with Gasteiger partial charge in [0.15, 0.2) is 0 Å². The lowest BCUT2D eigenvalue weighted by Gasteiger charge is -2.17. The van der Waals surface area contributed by atoms with E-state index in [-0.39, 0.29) is 17.0 Å². The van der Waals surface area contributed by atoms with Crippen molar-refractivity contribution in [2.45, 2.75) is 20.4 Å². The molecule has 0 saturated heterocycles. The predicted octanol–water partition coefficient (Wildman–Crippen LogP) is 3.40. The van der Waals surface area contributed by atoms with Gasteiger partial charge in [0.05, 0.1) is 12.2 Å². The van der Waals surface area contributed by atoms with Crippen molar-refractivity contribution in [3.8, 4) is 10.6 Å². The Morgan fingerprint density at radius 1 is 1.23 bits per heavy atom. The third-order valence-electron chi connectivity index (χ3n) is 4.52. The van der Waals surface area contributed by atoms with Crippen molar-refractivity contribution >= 4 is 17.2 Å². The van der Waals surface area contributed by atoms with Crippen LogP contribution >= 0.6 is 11.3 Å². The molecule has 0 spiro atoms. The molecule has 0 N–H and O–H groups in total. The quantitative estimate of drug-likeness (QED) is 0.710. The molecule has 0 saturated carbocycles. The molecule has 1 amide bonds. The molecular weight excluding hydrogens is 346 g/mol. The number of thiazole rings is 1. The van der Waals surface area contributed by atoms with Crippen LogP contribution in [-0.4, -0.2) is 27.4 Å². The minimum Gasteiger partial charge on any atom is -0.336 e. The average Bonchev–Trinajstić information content (AvgIpc) is 3.11. The third-order valence-corrected chi connectivity index (χ3v) is 5.46. The highest BCUT2D eigenvalue weighted by Crippen LogP contribution is 2.23. The second kappa shape index (κ2) is 7.25. The van der Waals surface area contributed by atoms with Gasteiger partial charge in [0.25, 0.3) is 11.5 Å². The SMILES string of the molecule is Cc1cc(C(=O)N(C)Cc2csc(-c3ccccc3)n2)c(=O)n(C)c1C. The maximum Gasteiger partial charge on any atom is 0.263 e. The third kappa shape index (κ3) is 3.46. The monoisotopic (exact) mass is 367 g/mol. The summed E-state index contributed by atoms with van der Waals surface area (Å²) in [6.07, 6.45) is 0. The summed E-state index contributed by atoms with van der Waals surface area (Å²) < 4.78 is 1.52. The van der Waals surface area contributed by atoms with Crippen molar-refractivity contribution in [3.63, 3.8) is 0 Å². The van der Waals surface area contributed by atoms with E-state index in [2.05, 4.69) is 4.98 Å². The second-order valence-electron chi connectivity index (χ2n) is 6.36. The average molecular weight is 367 g/mol. The van der Waals surface area contributed by atoms with Crippen molar-refractivity contribution in [2.24, 2.45) is 7.05 Å². The molecule has 0 aliphatic heterocycles. The number of benzene rings is 1. The first kappa shape index (κ1) is 18.1. The van der Waals surface area contributed by atoms with Crippen LogP contribution in [0.3, 0.4) is 0 Å². The zero-order valence-corrected chi connectivity index (χ0v) is 16.1. The Labute approximate surface area is 156 Å². The molecule has 0 bridgehead atoms. The van der Waals surface area contributed by atoms with Gasteiger partial charge in [-0.2, -0.15) is 0 Å². The molecule has 134 valence electrons. The number of hydrogen-bond acceptors (Lipinski definition) is 4. The van der Waals surface area contributed by atoms with Crippen LogP contribution in [0.4, 0.5) is 0 Å². The Bertz CT molecular complexity index is 1010. The van der Waals surface area contributed by atoms with E-state index in [1.807, 2.05) is 49.6 Å². The van der Waals surface area contributed by atoms with E-state index >= 15 is 0 Å². The summed E-state index contributed by atoms with van der Waals surface area (Å²) in [7, 11) is 3.38. The van der Waals surface area contributed by atoms with Crippen molar-refractivity contribution in [2.75, 3.05) is 7.05 Å². The number of aromatic nitrogens is 2. The van der Waals surface area contributed by atoms with E-state index in [0.717, 1.165) is 27.5 Å². The van der Waals surface area contributed by atoms with Crippen LogP contribution in [0.1, 0.15) is 27.3 Å². The molecular formula is C20H21N3O2S. The van der Waals surface area contributed by atoms with Gasteiger partial charge in [-0.1, -0.05) is 30.3 Å². The van der Waals surface area contributed by atoms with Crippen molar-refractivity contribution in [3.05, 3.63) is 74.6 Å². The fraction of sp³-hybridized carbons (Fsp3) is 0.250. The number of amides is 1. The van der Waals surface area contributed by atoms with Gasteiger partial charge < -0.3 is 9.47 Å². The lowest BCUT2D eigenvalue weighted by molar-refractivity contribution is 0.0781. The summed E-state index contributed by atoms with van der Waals surface area (Å²) in [5.74, 6) is -0.289. The lowest BCUT2D eigenvalue weighted by Crippen LogP contribution is -2.34. The zero-order valence-electron chi connectivity index (χ0n) is 15.3. The topological polar surface area (TPSA) is 55.2 Å². The maximum absolute atomic E-state index is 12.8. The summed E-state index contributed by atoms with van der Waals surface area (Å²) in [6.45, 7) is 4.13. The minimum atomic E-state index is -0.289. The Hall–Kier alpha value is -2.73. The molecule has 0 fully saturated rings.